The van der Waals surface area contributed by atoms with Crippen molar-refractivity contribution in [3.05, 3.63) is 0 Å². The topological polar surface area (TPSA) is 26.3 Å². The molecule has 0 aliphatic heterocycles. The van der Waals surface area contributed by atoms with Crippen LogP contribution < -0.4 is 0 Å². The number of carbonyl (C=O) groups is 1. The Morgan fingerprint density at radius 3 is 2.42 bits per heavy atom. The third-order valence-corrected chi connectivity index (χ3v) is 2.14. The van der Waals surface area contributed by atoms with Crippen molar-refractivity contribution < 1.29 is 9.53 Å². The second-order valence-electron chi connectivity index (χ2n) is 3.52. The van der Waals surface area contributed by atoms with E-state index in [2.05, 4.69) is 29.8 Å². The summed E-state index contributed by atoms with van der Waals surface area (Å²) in [6.45, 7) is 8.27. The molecule has 3 heteroatoms. The molecule has 0 bridgehead atoms. The number of hydrogen-bond donors (Lipinski definition) is 0. The van der Waals surface area contributed by atoms with E-state index in [0.717, 1.165) is 6.42 Å². The molecule has 0 N–H and O–H groups in total. The van der Waals surface area contributed by atoms with E-state index in [-0.39, 0.29) is 5.97 Å². The predicted octanol–water partition coefficient (Wildman–Crippen LogP) is 2.75. The van der Waals surface area contributed by atoms with Gasteiger partial charge in [0.1, 0.15) is 4.32 Å². The molecule has 12 heavy (non-hydrogen) atoms. The standard InChI is InChI=1S/C9H17BrO2/c1-5-12-8(11)9(4,10)6-7(2)3/h7H,5-6H2,1-4H3. The van der Waals surface area contributed by atoms with Gasteiger partial charge in [0.15, 0.2) is 0 Å². The van der Waals surface area contributed by atoms with Crippen molar-refractivity contribution in [1.29, 1.82) is 0 Å². The van der Waals surface area contributed by atoms with Crippen LogP contribution >= 0.6 is 15.9 Å². The number of halogens is 1. The molecule has 0 heterocycles. The molecule has 1 unspecified atom stereocenters. The van der Waals surface area contributed by atoms with Gasteiger partial charge in [0.05, 0.1) is 6.61 Å². The summed E-state index contributed by atoms with van der Waals surface area (Å²) in [6.07, 6.45) is 0.797. The number of ether oxygens (including phenoxy) is 1. The highest BCUT2D eigenvalue weighted by Gasteiger charge is 2.31. The van der Waals surface area contributed by atoms with Crippen LogP contribution in [0.4, 0.5) is 0 Å². The molecule has 0 amide bonds. The molecular weight excluding hydrogens is 220 g/mol. The first-order valence-electron chi connectivity index (χ1n) is 4.26. The van der Waals surface area contributed by atoms with E-state index in [0.29, 0.717) is 12.5 Å². The number of carbonyl (C=O) groups excluding carboxylic acids is 1. The minimum absolute atomic E-state index is 0.168. The molecule has 0 fully saturated rings. The van der Waals surface area contributed by atoms with Crippen molar-refractivity contribution in [1.82, 2.24) is 0 Å². The molecule has 0 saturated carbocycles. The van der Waals surface area contributed by atoms with E-state index in [9.17, 15) is 4.79 Å². The van der Waals surface area contributed by atoms with Crippen LogP contribution in [0.1, 0.15) is 34.1 Å². The molecule has 0 aromatic heterocycles. The van der Waals surface area contributed by atoms with E-state index in [1.807, 2.05) is 13.8 Å². The van der Waals surface area contributed by atoms with Crippen molar-refractivity contribution >= 4 is 21.9 Å². The molecule has 72 valence electrons. The second-order valence-corrected chi connectivity index (χ2v) is 5.27. The van der Waals surface area contributed by atoms with Gasteiger partial charge in [0.2, 0.25) is 0 Å². The quantitative estimate of drug-likeness (QED) is 0.555. The zero-order valence-electron chi connectivity index (χ0n) is 8.19. The zero-order chi connectivity index (χ0) is 9.78. The van der Waals surface area contributed by atoms with Crippen molar-refractivity contribution in [2.45, 2.75) is 38.4 Å². The minimum atomic E-state index is -0.517. The highest BCUT2D eigenvalue weighted by atomic mass is 79.9. The monoisotopic (exact) mass is 236 g/mol. The molecule has 0 aliphatic carbocycles. The lowest BCUT2D eigenvalue weighted by Crippen LogP contribution is -2.31. The van der Waals surface area contributed by atoms with Crippen molar-refractivity contribution in [2.75, 3.05) is 6.61 Å². The van der Waals surface area contributed by atoms with Gasteiger partial charge in [-0.05, 0) is 26.2 Å². The molecule has 0 spiro atoms. The maximum Gasteiger partial charge on any atom is 0.322 e. The lowest BCUT2D eigenvalue weighted by atomic mass is 9.99. The van der Waals surface area contributed by atoms with Crippen LogP contribution in [0.5, 0.6) is 0 Å². The highest BCUT2D eigenvalue weighted by Crippen LogP contribution is 2.27. The molecule has 1 atom stereocenters. The average molecular weight is 237 g/mol. The fourth-order valence-corrected chi connectivity index (χ4v) is 1.89. The summed E-state index contributed by atoms with van der Waals surface area (Å²) in [5.74, 6) is 0.317. The van der Waals surface area contributed by atoms with Crippen molar-refractivity contribution in [3.63, 3.8) is 0 Å². The molecular formula is C9H17BrO2. The lowest BCUT2D eigenvalue weighted by Gasteiger charge is -2.21. The van der Waals surface area contributed by atoms with Gasteiger partial charge in [-0.3, -0.25) is 4.79 Å². The number of rotatable bonds is 4. The molecule has 0 radical (unpaired) electrons. The molecule has 2 nitrogen and oxygen atoms in total. The van der Waals surface area contributed by atoms with Crippen LogP contribution in [0.3, 0.4) is 0 Å². The van der Waals surface area contributed by atoms with Crippen molar-refractivity contribution in [2.24, 2.45) is 5.92 Å². The van der Waals surface area contributed by atoms with E-state index in [1.165, 1.54) is 0 Å². The Labute approximate surface area is 82.8 Å². The molecule has 0 aromatic carbocycles. The third kappa shape index (κ3) is 4.10. The summed E-state index contributed by atoms with van der Waals surface area (Å²) >= 11 is 3.37. The second kappa shape index (κ2) is 4.85. The van der Waals surface area contributed by atoms with Gasteiger partial charge in [-0.15, -0.1) is 0 Å². The fraction of sp³-hybridized carbons (Fsp3) is 0.889. The fourth-order valence-electron chi connectivity index (χ4n) is 1.13. The Kier molecular flexibility index (Phi) is 4.83. The first-order valence-corrected chi connectivity index (χ1v) is 5.05. The maximum absolute atomic E-state index is 11.3. The Morgan fingerprint density at radius 1 is 1.58 bits per heavy atom. The van der Waals surface area contributed by atoms with Gasteiger partial charge in [0, 0.05) is 0 Å². The smallest absolute Gasteiger partial charge is 0.322 e. The zero-order valence-corrected chi connectivity index (χ0v) is 9.77. The summed E-state index contributed by atoms with van der Waals surface area (Å²) in [6, 6.07) is 0. The number of hydrogen-bond acceptors (Lipinski definition) is 2. The van der Waals surface area contributed by atoms with Crippen LogP contribution in [0.2, 0.25) is 0 Å². The first-order chi connectivity index (χ1) is 5.40. The highest BCUT2D eigenvalue weighted by molar-refractivity contribution is 9.10. The number of esters is 1. The third-order valence-electron chi connectivity index (χ3n) is 1.49. The van der Waals surface area contributed by atoms with Gasteiger partial charge < -0.3 is 4.74 Å². The van der Waals surface area contributed by atoms with Crippen LogP contribution in [0.25, 0.3) is 0 Å². The summed E-state index contributed by atoms with van der Waals surface area (Å²) in [7, 11) is 0. The van der Waals surface area contributed by atoms with Crippen LogP contribution in [-0.2, 0) is 9.53 Å². The molecule has 0 aliphatic rings. The largest absolute Gasteiger partial charge is 0.465 e. The molecule has 0 rings (SSSR count). The van der Waals surface area contributed by atoms with Crippen LogP contribution in [-0.4, -0.2) is 16.9 Å². The molecule has 0 aromatic rings. The van der Waals surface area contributed by atoms with Gasteiger partial charge in [-0.25, -0.2) is 0 Å². The summed E-state index contributed by atoms with van der Waals surface area (Å²) in [5.41, 5.74) is 0. The minimum Gasteiger partial charge on any atom is -0.465 e. The Morgan fingerprint density at radius 2 is 2.08 bits per heavy atom. The van der Waals surface area contributed by atoms with Gasteiger partial charge in [-0.2, -0.15) is 0 Å². The molecule has 0 saturated heterocycles. The van der Waals surface area contributed by atoms with E-state index in [1.54, 1.807) is 0 Å². The predicted molar refractivity (Wildman–Crippen MR) is 53.4 cm³/mol. The summed E-state index contributed by atoms with van der Waals surface area (Å²) < 4.78 is 4.41. The van der Waals surface area contributed by atoms with Crippen molar-refractivity contribution in [3.8, 4) is 0 Å². The Hall–Kier alpha value is -0.0500. The maximum atomic E-state index is 11.3. The van der Waals surface area contributed by atoms with Gasteiger partial charge in [0.25, 0.3) is 0 Å². The Bertz CT molecular complexity index is 153. The Balaban J connectivity index is 4.09. The average Bonchev–Trinajstić information content (AvgIpc) is 1.85. The number of alkyl halides is 1. The lowest BCUT2D eigenvalue weighted by molar-refractivity contribution is -0.145. The van der Waals surface area contributed by atoms with Gasteiger partial charge >= 0.3 is 5.97 Å². The van der Waals surface area contributed by atoms with Crippen LogP contribution in [0.15, 0.2) is 0 Å². The van der Waals surface area contributed by atoms with E-state index >= 15 is 0 Å². The summed E-state index contributed by atoms with van der Waals surface area (Å²) in [5, 5.41) is 0. The van der Waals surface area contributed by atoms with E-state index in [4.69, 9.17) is 4.74 Å². The normalized spacial score (nSPS) is 15.8. The van der Waals surface area contributed by atoms with E-state index < -0.39 is 4.32 Å². The first kappa shape index (κ1) is 11.9. The SMILES string of the molecule is CCOC(=O)C(C)(Br)CC(C)C. The van der Waals surface area contributed by atoms with Crippen LogP contribution in [0, 0.1) is 5.92 Å². The summed E-state index contributed by atoms with van der Waals surface area (Å²) in [4.78, 5) is 11.3. The van der Waals surface area contributed by atoms with Gasteiger partial charge in [-0.1, -0.05) is 29.8 Å².